The van der Waals surface area contributed by atoms with E-state index in [0.717, 1.165) is 0 Å². The number of imidazole rings is 2. The second-order valence-electron chi connectivity index (χ2n) is 2.46. The Kier molecular flexibility index (Phi) is 6.07. The molecule has 0 fully saturated rings. The summed E-state index contributed by atoms with van der Waals surface area (Å²) in [5, 5.41) is 0. The molecule has 72 valence electrons. The predicted molar refractivity (Wildman–Crippen MR) is 46.4 cm³/mol. The van der Waals surface area contributed by atoms with Gasteiger partial charge in [-0.2, -0.15) is 0 Å². The second kappa shape index (κ2) is 6.55. The van der Waals surface area contributed by atoms with Gasteiger partial charge in [0.1, 0.15) is 0 Å². The molecule has 0 N–H and O–H groups in total. The molecule has 2 aromatic heterocycles. The molecule has 0 aromatic carbocycles. The summed E-state index contributed by atoms with van der Waals surface area (Å²) < 4.78 is 3.78. The van der Waals surface area contributed by atoms with Gasteiger partial charge in [-0.05, 0) is 0 Å². The van der Waals surface area contributed by atoms with Gasteiger partial charge in [-0.3, -0.25) is 0 Å². The van der Waals surface area contributed by atoms with Gasteiger partial charge in [-0.15, -0.1) is 0 Å². The van der Waals surface area contributed by atoms with Crippen LogP contribution in [0.5, 0.6) is 0 Å². The number of nitrogens with zero attached hydrogens (tertiary/aromatic N) is 4. The van der Waals surface area contributed by atoms with Crippen molar-refractivity contribution in [3.8, 4) is 0 Å². The van der Waals surface area contributed by atoms with Crippen LogP contribution in [0.4, 0.5) is 0 Å². The van der Waals surface area contributed by atoms with Gasteiger partial charge < -0.3 is 9.13 Å². The maximum Gasteiger partial charge on any atom is 0.0943 e. The summed E-state index contributed by atoms with van der Waals surface area (Å²) >= 11 is 0. The van der Waals surface area contributed by atoms with E-state index in [1.165, 1.54) is 0 Å². The van der Waals surface area contributed by atoms with E-state index in [-0.39, 0.29) is 19.5 Å². The Labute approximate surface area is 90.4 Å². The molecule has 2 rings (SSSR count). The zero-order chi connectivity index (χ0) is 8.81. The molecule has 13 heavy (non-hydrogen) atoms. The Morgan fingerprint density at radius 2 is 1.23 bits per heavy atom. The Morgan fingerprint density at radius 3 is 1.31 bits per heavy atom. The van der Waals surface area contributed by atoms with Gasteiger partial charge in [0.2, 0.25) is 0 Å². The van der Waals surface area contributed by atoms with Crippen LogP contribution in [0.3, 0.4) is 0 Å². The molecule has 0 aliphatic rings. The summed E-state index contributed by atoms with van der Waals surface area (Å²) in [7, 11) is 3.88. The Morgan fingerprint density at radius 1 is 0.846 bits per heavy atom. The minimum Gasteiger partial charge on any atom is -0.341 e. The Bertz CT molecular complexity index is 256. The summed E-state index contributed by atoms with van der Waals surface area (Å²) in [6, 6.07) is 0. The number of hydrogen-bond donors (Lipinski definition) is 0. The third-order valence-corrected chi connectivity index (χ3v) is 1.27. The van der Waals surface area contributed by atoms with E-state index in [1.54, 1.807) is 25.0 Å². The molecule has 2 heterocycles. The molecule has 0 radical (unpaired) electrons. The zero-order valence-electron chi connectivity index (χ0n) is 7.61. The van der Waals surface area contributed by atoms with Crippen molar-refractivity contribution in [3.63, 3.8) is 0 Å². The molecule has 0 bridgehead atoms. The van der Waals surface area contributed by atoms with Crippen LogP contribution in [-0.2, 0) is 33.6 Å². The first-order valence-electron chi connectivity index (χ1n) is 3.63. The molecule has 0 saturated carbocycles. The van der Waals surface area contributed by atoms with E-state index in [4.69, 9.17) is 0 Å². The standard InChI is InChI=1S/2C4H6N2.Ru/c2*1-6-3-2-5-4-6;/h2*2-4H,1H3;. The zero-order valence-corrected chi connectivity index (χ0v) is 9.34. The molecule has 0 aliphatic heterocycles. The third kappa shape index (κ3) is 5.31. The van der Waals surface area contributed by atoms with E-state index < -0.39 is 0 Å². The van der Waals surface area contributed by atoms with Crippen LogP contribution in [0.25, 0.3) is 0 Å². The average molecular weight is 265 g/mol. The number of aryl methyl sites for hydroxylation is 2. The van der Waals surface area contributed by atoms with Crippen LogP contribution >= 0.6 is 0 Å². The van der Waals surface area contributed by atoms with Gasteiger partial charge in [0.05, 0.1) is 12.7 Å². The van der Waals surface area contributed by atoms with E-state index in [1.807, 2.05) is 35.6 Å². The number of rotatable bonds is 0. The van der Waals surface area contributed by atoms with Crippen molar-refractivity contribution in [2.45, 2.75) is 0 Å². The fourth-order valence-corrected chi connectivity index (χ4v) is 0.652. The van der Waals surface area contributed by atoms with Crippen LogP contribution in [0.1, 0.15) is 0 Å². The Hall–Kier alpha value is -0.957. The van der Waals surface area contributed by atoms with Crippen LogP contribution in [0.2, 0.25) is 0 Å². The van der Waals surface area contributed by atoms with E-state index >= 15 is 0 Å². The minimum absolute atomic E-state index is 0. The molecule has 0 aliphatic carbocycles. The normalized spacial score (nSPS) is 8.15. The molecule has 2 aromatic rings. The fourth-order valence-electron chi connectivity index (χ4n) is 0.652. The summed E-state index contributed by atoms with van der Waals surface area (Å²) in [6.45, 7) is 0. The summed E-state index contributed by atoms with van der Waals surface area (Å²) in [4.78, 5) is 7.57. The first kappa shape index (κ1) is 12.0. The monoisotopic (exact) mass is 266 g/mol. The molecular formula is C8H12N4Ru. The van der Waals surface area contributed by atoms with Gasteiger partial charge in [-0.1, -0.05) is 0 Å². The van der Waals surface area contributed by atoms with E-state index in [0.29, 0.717) is 0 Å². The Balaban J connectivity index is 0.000000206. The molecular weight excluding hydrogens is 253 g/mol. The van der Waals surface area contributed by atoms with Gasteiger partial charge in [0.15, 0.2) is 0 Å². The van der Waals surface area contributed by atoms with Crippen LogP contribution < -0.4 is 0 Å². The molecule has 0 spiro atoms. The van der Waals surface area contributed by atoms with Crippen molar-refractivity contribution in [2.24, 2.45) is 14.1 Å². The fraction of sp³-hybridized carbons (Fsp3) is 0.250. The molecule has 5 heteroatoms. The van der Waals surface area contributed by atoms with Crippen molar-refractivity contribution in [1.82, 2.24) is 19.1 Å². The van der Waals surface area contributed by atoms with Gasteiger partial charge in [-0.25, -0.2) is 9.97 Å². The second-order valence-corrected chi connectivity index (χ2v) is 2.46. The van der Waals surface area contributed by atoms with E-state index in [2.05, 4.69) is 9.97 Å². The van der Waals surface area contributed by atoms with Gasteiger partial charge in [0, 0.05) is 58.4 Å². The summed E-state index contributed by atoms with van der Waals surface area (Å²) in [5.74, 6) is 0. The first-order chi connectivity index (χ1) is 5.79. The van der Waals surface area contributed by atoms with Gasteiger partial charge in [0.25, 0.3) is 0 Å². The maximum absolute atomic E-state index is 3.78. The first-order valence-corrected chi connectivity index (χ1v) is 3.63. The SMILES string of the molecule is Cn1ccnc1.Cn1ccnc1.[Ru]. The topological polar surface area (TPSA) is 35.6 Å². The van der Waals surface area contributed by atoms with Crippen LogP contribution in [0.15, 0.2) is 37.4 Å². The minimum atomic E-state index is 0. The van der Waals surface area contributed by atoms with E-state index in [9.17, 15) is 0 Å². The molecule has 0 amide bonds. The van der Waals surface area contributed by atoms with Crippen molar-refractivity contribution < 1.29 is 19.5 Å². The van der Waals surface area contributed by atoms with Crippen molar-refractivity contribution >= 4 is 0 Å². The van der Waals surface area contributed by atoms with Crippen molar-refractivity contribution in [3.05, 3.63) is 37.4 Å². The molecule has 0 saturated heterocycles. The van der Waals surface area contributed by atoms with Crippen LogP contribution in [-0.4, -0.2) is 19.1 Å². The molecule has 0 atom stereocenters. The summed E-state index contributed by atoms with van der Waals surface area (Å²) in [5.41, 5.74) is 0. The van der Waals surface area contributed by atoms with Crippen molar-refractivity contribution in [2.75, 3.05) is 0 Å². The average Bonchev–Trinajstić information content (AvgIpc) is 2.63. The molecule has 0 unspecified atom stereocenters. The smallest absolute Gasteiger partial charge is 0.0943 e. The molecule has 4 nitrogen and oxygen atoms in total. The predicted octanol–water partition coefficient (Wildman–Crippen LogP) is 0.838. The third-order valence-electron chi connectivity index (χ3n) is 1.27. The van der Waals surface area contributed by atoms with Gasteiger partial charge >= 0.3 is 0 Å². The quantitative estimate of drug-likeness (QED) is 0.662. The maximum atomic E-state index is 3.78. The largest absolute Gasteiger partial charge is 0.341 e. The number of aromatic nitrogens is 4. The van der Waals surface area contributed by atoms with Crippen LogP contribution in [0, 0.1) is 0 Å². The van der Waals surface area contributed by atoms with Crippen molar-refractivity contribution in [1.29, 1.82) is 0 Å². The summed E-state index contributed by atoms with van der Waals surface area (Å²) in [6.07, 6.45) is 10.8. The number of hydrogen-bond acceptors (Lipinski definition) is 2.